The molecule has 0 amide bonds. The van der Waals surface area contributed by atoms with Crippen LogP contribution < -0.4 is 0 Å². The third-order valence-electron chi connectivity index (χ3n) is 5.26. The van der Waals surface area contributed by atoms with Crippen LogP contribution in [0.3, 0.4) is 0 Å². The van der Waals surface area contributed by atoms with Crippen LogP contribution in [0.4, 0.5) is 0 Å². The molecule has 0 radical (unpaired) electrons. The van der Waals surface area contributed by atoms with E-state index in [0.29, 0.717) is 22.7 Å². The molecule has 0 fully saturated rings. The zero-order valence-electron chi connectivity index (χ0n) is 17.5. The number of allylic oxidation sites excluding steroid dienone is 1. The van der Waals surface area contributed by atoms with Gasteiger partial charge in [-0.05, 0) is 50.4 Å². The van der Waals surface area contributed by atoms with Crippen molar-refractivity contribution in [1.29, 1.82) is 0 Å². The monoisotopic (exact) mass is 353 g/mol. The van der Waals surface area contributed by atoms with Gasteiger partial charge in [0.15, 0.2) is 0 Å². The zero-order chi connectivity index (χ0) is 18.7. The van der Waals surface area contributed by atoms with E-state index >= 15 is 0 Å². The van der Waals surface area contributed by atoms with Gasteiger partial charge in [-0.15, -0.1) is 0 Å². The first-order valence-corrected chi connectivity index (χ1v) is 11.7. The molecule has 0 aromatic rings. The van der Waals surface area contributed by atoms with Crippen molar-refractivity contribution in [2.24, 2.45) is 0 Å². The molecule has 1 aliphatic heterocycles. The molecular formula is C20H39NO2Si. The Hall–Kier alpha value is -0.583. The van der Waals surface area contributed by atoms with Gasteiger partial charge < -0.3 is 4.43 Å². The summed E-state index contributed by atoms with van der Waals surface area (Å²) in [5.41, 5.74) is 1.71. The maximum absolute atomic E-state index is 6.98. The molecule has 0 saturated heterocycles. The second-order valence-corrected chi connectivity index (χ2v) is 13.6. The van der Waals surface area contributed by atoms with Gasteiger partial charge in [0.05, 0.1) is 11.8 Å². The van der Waals surface area contributed by atoms with Gasteiger partial charge in [-0.1, -0.05) is 53.7 Å². The number of hydroxylamine groups is 2. The van der Waals surface area contributed by atoms with Crippen LogP contribution in [0, 0.1) is 0 Å². The van der Waals surface area contributed by atoms with Gasteiger partial charge >= 0.3 is 0 Å². The summed E-state index contributed by atoms with van der Waals surface area (Å²) in [6, 6.07) is 0.461. The molecule has 0 N–H and O–H groups in total. The minimum Gasteiger partial charge on any atom is -0.545 e. The van der Waals surface area contributed by atoms with Crippen LogP contribution in [0.1, 0.15) is 69.2 Å². The first-order chi connectivity index (χ1) is 11.1. The highest BCUT2D eigenvalue weighted by atomic mass is 28.4. The van der Waals surface area contributed by atoms with E-state index in [2.05, 4.69) is 79.5 Å². The fraction of sp³-hybridized carbons (Fsp3) is 0.800. The van der Waals surface area contributed by atoms with E-state index in [9.17, 15) is 0 Å². The Balaban J connectivity index is 3.28. The van der Waals surface area contributed by atoms with Crippen LogP contribution in [0.2, 0.25) is 16.6 Å². The molecule has 0 aliphatic carbocycles. The third kappa shape index (κ3) is 4.33. The third-order valence-corrected chi connectivity index (χ3v) is 11.3. The molecule has 140 valence electrons. The lowest BCUT2D eigenvalue weighted by molar-refractivity contribution is -0.220. The fourth-order valence-electron chi connectivity index (χ4n) is 4.22. The summed E-state index contributed by atoms with van der Waals surface area (Å²) in [5.74, 6) is 1.10. The highest BCUT2D eigenvalue weighted by molar-refractivity contribution is 6.77. The predicted octanol–water partition coefficient (Wildman–Crippen LogP) is 6.05. The van der Waals surface area contributed by atoms with E-state index in [1.807, 2.05) is 13.0 Å². The van der Waals surface area contributed by atoms with Gasteiger partial charge in [0, 0.05) is 6.04 Å². The molecule has 0 aromatic carbocycles. The van der Waals surface area contributed by atoms with E-state index in [-0.39, 0.29) is 12.1 Å². The molecule has 1 heterocycles. The van der Waals surface area contributed by atoms with Crippen LogP contribution in [-0.2, 0) is 9.26 Å². The maximum Gasteiger partial charge on any atom is 0.258 e. The van der Waals surface area contributed by atoms with Crippen molar-refractivity contribution in [3.8, 4) is 0 Å². The Morgan fingerprint density at radius 3 is 1.92 bits per heavy atom. The zero-order valence-corrected chi connectivity index (χ0v) is 18.5. The number of nitrogens with zero attached hydrogens (tertiary/aromatic N) is 1. The summed E-state index contributed by atoms with van der Waals surface area (Å²) in [6.07, 6.45) is 6.28. The quantitative estimate of drug-likeness (QED) is 0.411. The summed E-state index contributed by atoms with van der Waals surface area (Å²) in [7, 11) is -1.95. The van der Waals surface area contributed by atoms with Crippen molar-refractivity contribution in [3.63, 3.8) is 0 Å². The van der Waals surface area contributed by atoms with Crippen molar-refractivity contribution in [2.75, 3.05) is 0 Å². The lowest BCUT2D eigenvalue weighted by atomic mass is 10.1. The maximum atomic E-state index is 6.98. The van der Waals surface area contributed by atoms with Crippen LogP contribution >= 0.6 is 0 Å². The molecule has 0 bridgehead atoms. The van der Waals surface area contributed by atoms with Gasteiger partial charge in [-0.25, -0.2) is 0 Å². The molecule has 1 rings (SSSR count). The normalized spacial score (nSPS) is 23.8. The molecule has 0 saturated carbocycles. The Bertz CT molecular complexity index is 433. The summed E-state index contributed by atoms with van der Waals surface area (Å²) in [6.45, 7) is 22.6. The van der Waals surface area contributed by atoms with Crippen LogP contribution in [0.25, 0.3) is 0 Å². The molecule has 0 aromatic heterocycles. The highest BCUT2D eigenvalue weighted by Crippen LogP contribution is 2.44. The predicted molar refractivity (Wildman–Crippen MR) is 106 cm³/mol. The molecule has 24 heavy (non-hydrogen) atoms. The first kappa shape index (κ1) is 21.5. The van der Waals surface area contributed by atoms with Crippen molar-refractivity contribution >= 4 is 8.32 Å². The second kappa shape index (κ2) is 8.68. The smallest absolute Gasteiger partial charge is 0.258 e. The Kier molecular flexibility index (Phi) is 7.76. The number of hydrogen-bond acceptors (Lipinski definition) is 3. The molecule has 0 unspecified atom stereocenters. The Labute approximate surface area is 151 Å². The van der Waals surface area contributed by atoms with E-state index in [0.717, 1.165) is 5.76 Å². The van der Waals surface area contributed by atoms with E-state index in [1.165, 1.54) is 0 Å². The second-order valence-electron chi connectivity index (χ2n) is 8.21. The topological polar surface area (TPSA) is 21.7 Å². The van der Waals surface area contributed by atoms with Crippen molar-refractivity contribution in [3.05, 3.63) is 24.0 Å². The van der Waals surface area contributed by atoms with Crippen LogP contribution in [0.5, 0.6) is 0 Å². The average Bonchev–Trinajstić information content (AvgIpc) is 2.46. The van der Waals surface area contributed by atoms with Gasteiger partial charge in [0.2, 0.25) is 0 Å². The summed E-state index contributed by atoms with van der Waals surface area (Å²) in [4.78, 5) is 6.13. The fourth-order valence-corrected chi connectivity index (χ4v) is 9.57. The first-order valence-electron chi connectivity index (χ1n) is 9.56. The van der Waals surface area contributed by atoms with Crippen molar-refractivity contribution < 1.29 is 9.26 Å². The van der Waals surface area contributed by atoms with E-state index < -0.39 is 8.32 Å². The van der Waals surface area contributed by atoms with Crippen LogP contribution in [0.15, 0.2) is 24.0 Å². The Morgan fingerprint density at radius 2 is 1.54 bits per heavy atom. The van der Waals surface area contributed by atoms with Gasteiger partial charge in [-0.3, -0.25) is 4.84 Å². The average molecular weight is 354 g/mol. The highest BCUT2D eigenvalue weighted by Gasteiger charge is 2.48. The SMILES string of the molecule is C/C=C/[C@H]1C=C(O[Si](C(C)C)(C(C)C)C(C)C)[C@@H](C)N(C(C)C)O1. The largest absolute Gasteiger partial charge is 0.545 e. The molecule has 3 nitrogen and oxygen atoms in total. The molecule has 4 heteroatoms. The van der Waals surface area contributed by atoms with Crippen LogP contribution in [-0.4, -0.2) is 31.6 Å². The van der Waals surface area contributed by atoms with Gasteiger partial charge in [-0.2, -0.15) is 5.06 Å². The molecule has 2 atom stereocenters. The molecular weight excluding hydrogens is 314 g/mol. The standard InChI is InChI=1S/C20H39NO2Si/c1-11-12-19-13-20(18(10)21(22-19)14(2)3)23-24(15(4)5,16(6)7)17(8)9/h11-19H,1-10H3/b12-11+/t18-,19+/m1/s1. The number of rotatable bonds is 7. The summed E-state index contributed by atoms with van der Waals surface area (Å²) in [5, 5.41) is 2.08. The minimum atomic E-state index is -1.95. The molecule has 0 spiro atoms. The van der Waals surface area contributed by atoms with E-state index in [4.69, 9.17) is 9.26 Å². The summed E-state index contributed by atoms with van der Waals surface area (Å²) < 4.78 is 6.98. The number of hydrogen-bond donors (Lipinski definition) is 0. The lowest BCUT2D eigenvalue weighted by Crippen LogP contribution is -2.52. The lowest BCUT2D eigenvalue weighted by Gasteiger charge is -2.47. The van der Waals surface area contributed by atoms with Crippen molar-refractivity contribution in [1.82, 2.24) is 5.06 Å². The van der Waals surface area contributed by atoms with Gasteiger partial charge in [0.25, 0.3) is 8.32 Å². The van der Waals surface area contributed by atoms with Crippen molar-refractivity contribution in [2.45, 2.75) is 104 Å². The summed E-state index contributed by atoms with van der Waals surface area (Å²) >= 11 is 0. The minimum absolute atomic E-state index is 0.0400. The molecule has 1 aliphatic rings. The van der Waals surface area contributed by atoms with E-state index in [1.54, 1.807) is 0 Å². The Morgan fingerprint density at radius 1 is 1.04 bits per heavy atom. The van der Waals surface area contributed by atoms with Gasteiger partial charge in [0.1, 0.15) is 6.10 Å².